The molecule has 3 heteroatoms. The van der Waals surface area contributed by atoms with E-state index in [1.807, 2.05) is 12.1 Å². The van der Waals surface area contributed by atoms with Gasteiger partial charge in [0.15, 0.2) is 5.82 Å². The number of rotatable bonds is 4. The quantitative estimate of drug-likeness (QED) is 0.174. The van der Waals surface area contributed by atoms with Crippen molar-refractivity contribution in [1.82, 2.24) is 9.97 Å². The molecule has 0 saturated carbocycles. The van der Waals surface area contributed by atoms with Crippen molar-refractivity contribution in [2.24, 2.45) is 0 Å². The first-order chi connectivity index (χ1) is 26.3. The van der Waals surface area contributed by atoms with Crippen molar-refractivity contribution in [1.29, 1.82) is 0 Å². The van der Waals surface area contributed by atoms with Crippen molar-refractivity contribution in [3.8, 4) is 45.0 Å². The van der Waals surface area contributed by atoms with Gasteiger partial charge in [0.25, 0.3) is 0 Å². The molecule has 0 radical (unpaired) electrons. The van der Waals surface area contributed by atoms with Crippen LogP contribution >= 0.6 is 0 Å². The summed E-state index contributed by atoms with van der Waals surface area (Å²) in [5, 5.41) is 11.5. The molecule has 9 aromatic carbocycles. The maximum absolute atomic E-state index is 6.97. The lowest BCUT2D eigenvalue weighted by Crippen LogP contribution is -1.98. The first kappa shape index (κ1) is 29.6. The van der Waals surface area contributed by atoms with Crippen LogP contribution < -0.4 is 0 Å². The smallest absolute Gasteiger partial charge is 0.161 e. The Morgan fingerprint density at radius 1 is 0.358 bits per heavy atom. The van der Waals surface area contributed by atoms with Gasteiger partial charge < -0.3 is 4.42 Å². The Morgan fingerprint density at radius 3 is 1.42 bits per heavy atom. The third kappa shape index (κ3) is 4.61. The maximum Gasteiger partial charge on any atom is 0.161 e. The monoisotopic (exact) mass is 674 g/mol. The van der Waals surface area contributed by atoms with Gasteiger partial charge in [0, 0.05) is 38.6 Å². The summed E-state index contributed by atoms with van der Waals surface area (Å²) in [5.74, 6) is 0.697. The minimum atomic E-state index is 0.697. The van der Waals surface area contributed by atoms with Gasteiger partial charge in [-0.3, -0.25) is 0 Å². The Kier molecular flexibility index (Phi) is 6.55. The van der Waals surface area contributed by atoms with E-state index in [-0.39, 0.29) is 0 Å². The summed E-state index contributed by atoms with van der Waals surface area (Å²) in [5.41, 5.74) is 8.89. The molecule has 0 fully saturated rings. The topological polar surface area (TPSA) is 38.9 Å². The highest BCUT2D eigenvalue weighted by molar-refractivity contribution is 6.31. The predicted molar refractivity (Wildman–Crippen MR) is 221 cm³/mol. The van der Waals surface area contributed by atoms with Crippen LogP contribution in [0.25, 0.3) is 110 Å². The number of furan rings is 1. The van der Waals surface area contributed by atoms with Gasteiger partial charge in [0.05, 0.1) is 11.4 Å². The van der Waals surface area contributed by atoms with Crippen LogP contribution in [0.15, 0.2) is 186 Å². The molecule has 0 aliphatic carbocycles. The summed E-state index contributed by atoms with van der Waals surface area (Å²) in [4.78, 5) is 10.6. The molecule has 0 unspecified atom stereocenters. The van der Waals surface area contributed by atoms with Crippen molar-refractivity contribution >= 4 is 65.0 Å². The molecule has 0 aliphatic heterocycles. The fourth-order valence-electron chi connectivity index (χ4n) is 8.31. The van der Waals surface area contributed by atoms with E-state index >= 15 is 0 Å². The number of hydrogen-bond donors (Lipinski definition) is 0. The lowest BCUT2D eigenvalue weighted by Gasteiger charge is -2.18. The molecule has 0 N–H and O–H groups in total. The molecule has 246 valence electrons. The molecule has 11 rings (SSSR count). The zero-order valence-corrected chi connectivity index (χ0v) is 28.6. The summed E-state index contributed by atoms with van der Waals surface area (Å²) in [6.45, 7) is 0. The van der Waals surface area contributed by atoms with Gasteiger partial charge in [-0.25, -0.2) is 9.97 Å². The fourth-order valence-corrected chi connectivity index (χ4v) is 8.31. The van der Waals surface area contributed by atoms with Crippen LogP contribution in [0.4, 0.5) is 0 Å². The minimum absolute atomic E-state index is 0.697. The molecule has 0 aliphatic rings. The zero-order chi connectivity index (χ0) is 34.9. The molecular formula is C50H30N2O. The van der Waals surface area contributed by atoms with E-state index in [0.717, 1.165) is 82.7 Å². The molecule has 0 amide bonds. The lowest BCUT2D eigenvalue weighted by atomic mass is 9.86. The molecule has 2 heterocycles. The van der Waals surface area contributed by atoms with Crippen molar-refractivity contribution in [3.63, 3.8) is 0 Å². The van der Waals surface area contributed by atoms with Crippen molar-refractivity contribution in [3.05, 3.63) is 182 Å². The Hall–Kier alpha value is -7.10. The number of fused-ring (bicyclic) bond motifs is 9. The summed E-state index contributed by atoms with van der Waals surface area (Å²) < 4.78 is 6.97. The second-order valence-corrected chi connectivity index (χ2v) is 13.6. The molecule has 3 nitrogen and oxygen atoms in total. The standard InChI is InChI=1S/C50H30N2O/c1-3-16-32(17-4-1)42-30-43(33-18-5-2-6-19-33)52-50(51-42)46-39-25-13-11-23-37(39)45(38-24-12-14-26-40(38)46)41-29-34-20-8-10-22-36(34)48-47-35-21-9-7-15-31(35)27-28-44(47)53-49(41)48/h1-30H. The molecule has 11 aromatic rings. The fraction of sp³-hybridized carbons (Fsp3) is 0. The van der Waals surface area contributed by atoms with Crippen molar-refractivity contribution in [2.45, 2.75) is 0 Å². The zero-order valence-electron chi connectivity index (χ0n) is 28.6. The largest absolute Gasteiger partial charge is 0.455 e. The van der Waals surface area contributed by atoms with E-state index in [9.17, 15) is 0 Å². The first-order valence-corrected chi connectivity index (χ1v) is 18.0. The van der Waals surface area contributed by atoms with E-state index in [1.54, 1.807) is 0 Å². The van der Waals surface area contributed by atoms with Crippen LogP contribution in [0, 0.1) is 0 Å². The normalized spacial score (nSPS) is 11.8. The van der Waals surface area contributed by atoms with Crippen molar-refractivity contribution in [2.75, 3.05) is 0 Å². The minimum Gasteiger partial charge on any atom is -0.455 e. The average molecular weight is 675 g/mol. The van der Waals surface area contributed by atoms with Gasteiger partial charge in [0.1, 0.15) is 11.2 Å². The summed E-state index contributed by atoms with van der Waals surface area (Å²) in [6.07, 6.45) is 0. The highest BCUT2D eigenvalue weighted by Gasteiger charge is 2.24. The highest BCUT2D eigenvalue weighted by Crippen LogP contribution is 2.49. The molecule has 0 bridgehead atoms. The molecule has 0 spiro atoms. The van der Waals surface area contributed by atoms with Gasteiger partial charge in [0.2, 0.25) is 0 Å². The Balaban J connectivity index is 1.27. The van der Waals surface area contributed by atoms with Crippen molar-refractivity contribution < 1.29 is 4.42 Å². The number of benzene rings is 9. The average Bonchev–Trinajstić information content (AvgIpc) is 3.64. The Labute approximate surface area is 305 Å². The predicted octanol–water partition coefficient (Wildman–Crippen LogP) is 13.7. The Morgan fingerprint density at radius 2 is 0.830 bits per heavy atom. The maximum atomic E-state index is 6.97. The first-order valence-electron chi connectivity index (χ1n) is 18.0. The van der Waals surface area contributed by atoms with Gasteiger partial charge in [-0.05, 0) is 61.3 Å². The SMILES string of the molecule is c1ccc(-c2cc(-c3ccccc3)nc(-c3c4ccccc4c(-c4cc5ccccc5c5c4oc4ccc6ccccc6c45)c4ccccc34)n2)cc1. The second kappa shape index (κ2) is 11.7. The molecule has 53 heavy (non-hydrogen) atoms. The molecule has 0 atom stereocenters. The summed E-state index contributed by atoms with van der Waals surface area (Å²) in [6, 6.07) is 64.2. The molecule has 2 aromatic heterocycles. The van der Waals surface area contributed by atoms with Crippen LogP contribution in [0.5, 0.6) is 0 Å². The summed E-state index contributed by atoms with van der Waals surface area (Å²) >= 11 is 0. The highest BCUT2D eigenvalue weighted by atomic mass is 16.3. The van der Waals surface area contributed by atoms with Crippen LogP contribution in [-0.4, -0.2) is 9.97 Å². The van der Waals surface area contributed by atoms with Crippen LogP contribution in [0.1, 0.15) is 0 Å². The van der Waals surface area contributed by atoms with E-state index in [0.29, 0.717) is 5.82 Å². The Bertz CT molecular complexity index is 3100. The molecule has 0 saturated heterocycles. The van der Waals surface area contributed by atoms with Crippen LogP contribution in [-0.2, 0) is 0 Å². The van der Waals surface area contributed by atoms with Gasteiger partial charge in [-0.1, -0.05) is 164 Å². The van der Waals surface area contributed by atoms with E-state index in [1.165, 1.54) is 21.5 Å². The molecular weight excluding hydrogens is 645 g/mol. The second-order valence-electron chi connectivity index (χ2n) is 13.6. The lowest BCUT2D eigenvalue weighted by molar-refractivity contribution is 0.670. The van der Waals surface area contributed by atoms with Gasteiger partial charge >= 0.3 is 0 Å². The summed E-state index contributed by atoms with van der Waals surface area (Å²) in [7, 11) is 0. The van der Waals surface area contributed by atoms with Crippen LogP contribution in [0.3, 0.4) is 0 Å². The van der Waals surface area contributed by atoms with Gasteiger partial charge in [-0.2, -0.15) is 0 Å². The van der Waals surface area contributed by atoms with Gasteiger partial charge in [-0.15, -0.1) is 0 Å². The number of hydrogen-bond acceptors (Lipinski definition) is 3. The number of nitrogens with zero attached hydrogens (tertiary/aromatic N) is 2. The third-order valence-corrected chi connectivity index (χ3v) is 10.6. The number of aromatic nitrogens is 2. The van der Waals surface area contributed by atoms with E-state index in [2.05, 4.69) is 170 Å². The van der Waals surface area contributed by atoms with E-state index in [4.69, 9.17) is 14.4 Å². The van der Waals surface area contributed by atoms with E-state index < -0.39 is 0 Å². The third-order valence-electron chi connectivity index (χ3n) is 10.6. The van der Waals surface area contributed by atoms with Crippen LogP contribution in [0.2, 0.25) is 0 Å².